The van der Waals surface area contributed by atoms with Crippen LogP contribution in [-0.2, 0) is 11.3 Å². The Balaban J connectivity index is 1.82. The number of thioether (sulfide) groups is 1. The Morgan fingerprint density at radius 3 is 3.12 bits per heavy atom. The molecule has 7 heteroatoms. The second kappa shape index (κ2) is 5.50. The first-order chi connectivity index (χ1) is 8.16. The van der Waals surface area contributed by atoms with Gasteiger partial charge in [-0.15, -0.1) is 10.2 Å². The Morgan fingerprint density at radius 1 is 1.71 bits per heavy atom. The molecule has 6 nitrogen and oxygen atoms in total. The highest BCUT2D eigenvalue weighted by atomic mass is 32.2. The lowest BCUT2D eigenvalue weighted by Gasteiger charge is -2.15. The van der Waals surface area contributed by atoms with Gasteiger partial charge in [0.25, 0.3) is 0 Å². The van der Waals surface area contributed by atoms with Crippen LogP contribution in [0.15, 0.2) is 11.5 Å². The third-order valence-corrected chi connectivity index (χ3v) is 3.73. The van der Waals surface area contributed by atoms with Gasteiger partial charge in [-0.1, -0.05) is 11.8 Å². The van der Waals surface area contributed by atoms with Crippen molar-refractivity contribution in [1.29, 1.82) is 0 Å². The summed E-state index contributed by atoms with van der Waals surface area (Å²) in [5.74, 6) is -0.809. The average Bonchev–Trinajstić information content (AvgIpc) is 3.04. The summed E-state index contributed by atoms with van der Waals surface area (Å²) in [6, 6.07) is 0.738. The summed E-state index contributed by atoms with van der Waals surface area (Å²) in [5, 5.41) is 17.0. The predicted molar refractivity (Wildman–Crippen MR) is 64.0 cm³/mol. The maximum atomic E-state index is 10.5. The molecular formula is C10H16N4O2S. The first-order valence-corrected chi connectivity index (χ1v) is 6.58. The van der Waals surface area contributed by atoms with E-state index < -0.39 is 5.97 Å². The molecule has 1 heterocycles. The number of hydrogen-bond donors (Lipinski definition) is 1. The van der Waals surface area contributed by atoms with E-state index in [9.17, 15) is 4.79 Å². The molecule has 0 aliphatic heterocycles. The Bertz CT molecular complexity index is 391. The predicted octanol–water partition coefficient (Wildman–Crippen LogP) is 0.549. The van der Waals surface area contributed by atoms with E-state index in [1.165, 1.54) is 24.6 Å². The summed E-state index contributed by atoms with van der Waals surface area (Å²) in [6.45, 7) is 1.76. The smallest absolute Gasteiger partial charge is 0.313 e. The molecule has 2 rings (SSSR count). The number of likely N-dealkylation sites (N-methyl/N-ethyl adjacent to an activating group) is 1. The molecule has 0 amide bonds. The first-order valence-electron chi connectivity index (χ1n) is 5.59. The van der Waals surface area contributed by atoms with Gasteiger partial charge in [-0.25, -0.2) is 0 Å². The van der Waals surface area contributed by atoms with Crippen molar-refractivity contribution in [3.63, 3.8) is 0 Å². The summed E-state index contributed by atoms with van der Waals surface area (Å²) >= 11 is 1.21. The van der Waals surface area contributed by atoms with Gasteiger partial charge in [0, 0.05) is 19.1 Å². The highest BCUT2D eigenvalue weighted by molar-refractivity contribution is 7.99. The molecule has 1 N–H and O–H groups in total. The van der Waals surface area contributed by atoms with E-state index in [2.05, 4.69) is 22.1 Å². The van der Waals surface area contributed by atoms with Crippen LogP contribution >= 0.6 is 11.8 Å². The van der Waals surface area contributed by atoms with Crippen molar-refractivity contribution >= 4 is 17.7 Å². The van der Waals surface area contributed by atoms with Gasteiger partial charge in [-0.3, -0.25) is 4.79 Å². The molecule has 0 spiro atoms. The fourth-order valence-electron chi connectivity index (χ4n) is 1.60. The molecule has 0 saturated heterocycles. The number of nitrogens with zero attached hydrogens (tertiary/aromatic N) is 4. The molecule has 1 aliphatic rings. The molecule has 1 aromatic rings. The highest BCUT2D eigenvalue weighted by Crippen LogP contribution is 2.25. The first kappa shape index (κ1) is 12.4. The fraction of sp³-hybridized carbons (Fsp3) is 0.700. The van der Waals surface area contributed by atoms with Crippen LogP contribution in [-0.4, -0.2) is 56.1 Å². The van der Waals surface area contributed by atoms with E-state index >= 15 is 0 Å². The van der Waals surface area contributed by atoms with E-state index in [0.29, 0.717) is 5.16 Å². The van der Waals surface area contributed by atoms with Gasteiger partial charge < -0.3 is 14.6 Å². The van der Waals surface area contributed by atoms with Crippen molar-refractivity contribution < 1.29 is 9.90 Å². The van der Waals surface area contributed by atoms with Gasteiger partial charge in [0.05, 0.1) is 5.75 Å². The van der Waals surface area contributed by atoms with Crippen LogP contribution in [0.4, 0.5) is 0 Å². The standard InChI is InChI=1S/C10H16N4O2S/c1-13(8-2-3-8)4-5-14-7-11-12-10(14)17-6-9(15)16/h7-8H,2-6H2,1H3,(H,15,16). The van der Waals surface area contributed by atoms with Crippen molar-refractivity contribution in [1.82, 2.24) is 19.7 Å². The minimum Gasteiger partial charge on any atom is -0.481 e. The van der Waals surface area contributed by atoms with Crippen LogP contribution in [0.2, 0.25) is 0 Å². The average molecular weight is 256 g/mol. The molecule has 17 heavy (non-hydrogen) atoms. The number of aromatic nitrogens is 3. The topological polar surface area (TPSA) is 71.2 Å². The molecule has 0 bridgehead atoms. The van der Waals surface area contributed by atoms with Crippen molar-refractivity contribution in [2.45, 2.75) is 30.6 Å². The second-order valence-electron chi connectivity index (χ2n) is 4.20. The summed E-state index contributed by atoms with van der Waals surface area (Å²) in [5.41, 5.74) is 0. The zero-order valence-corrected chi connectivity index (χ0v) is 10.6. The molecule has 1 saturated carbocycles. The Morgan fingerprint density at radius 2 is 2.47 bits per heavy atom. The van der Waals surface area contributed by atoms with Gasteiger partial charge in [0.15, 0.2) is 5.16 Å². The van der Waals surface area contributed by atoms with E-state index in [-0.39, 0.29) is 5.75 Å². The van der Waals surface area contributed by atoms with Crippen molar-refractivity contribution in [2.24, 2.45) is 0 Å². The zero-order valence-electron chi connectivity index (χ0n) is 9.74. The Hall–Kier alpha value is -1.08. The zero-order chi connectivity index (χ0) is 12.3. The number of aliphatic carboxylic acids is 1. The summed E-state index contributed by atoms with van der Waals surface area (Å²) in [6.07, 6.45) is 4.24. The van der Waals surface area contributed by atoms with Crippen LogP contribution in [0, 0.1) is 0 Å². The summed E-state index contributed by atoms with van der Waals surface area (Å²) in [4.78, 5) is 12.8. The highest BCUT2D eigenvalue weighted by Gasteiger charge is 2.25. The summed E-state index contributed by atoms with van der Waals surface area (Å²) < 4.78 is 1.91. The van der Waals surface area contributed by atoms with E-state index in [0.717, 1.165) is 19.1 Å². The molecular weight excluding hydrogens is 240 g/mol. The maximum absolute atomic E-state index is 10.5. The van der Waals surface area contributed by atoms with Gasteiger partial charge in [-0.2, -0.15) is 0 Å². The van der Waals surface area contributed by atoms with E-state index in [4.69, 9.17) is 5.11 Å². The number of rotatable bonds is 7. The minimum absolute atomic E-state index is 0.0250. The molecule has 94 valence electrons. The largest absolute Gasteiger partial charge is 0.481 e. The van der Waals surface area contributed by atoms with Crippen LogP contribution in [0.25, 0.3) is 0 Å². The normalized spacial score (nSPS) is 15.4. The van der Waals surface area contributed by atoms with Crippen molar-refractivity contribution in [3.05, 3.63) is 6.33 Å². The molecule has 1 fully saturated rings. The van der Waals surface area contributed by atoms with Gasteiger partial charge in [-0.05, 0) is 19.9 Å². The SMILES string of the molecule is CN(CCn1cnnc1SCC(=O)O)C1CC1. The lowest BCUT2D eigenvalue weighted by atomic mass is 10.5. The minimum atomic E-state index is -0.834. The number of carbonyl (C=O) groups is 1. The third-order valence-electron chi connectivity index (χ3n) is 2.77. The Labute approximate surface area is 104 Å². The van der Waals surface area contributed by atoms with Gasteiger partial charge in [0.1, 0.15) is 6.33 Å². The van der Waals surface area contributed by atoms with Crippen LogP contribution in [0.5, 0.6) is 0 Å². The quantitative estimate of drug-likeness (QED) is 0.718. The van der Waals surface area contributed by atoms with Gasteiger partial charge in [0.2, 0.25) is 0 Å². The lowest BCUT2D eigenvalue weighted by molar-refractivity contribution is -0.133. The number of hydrogen-bond acceptors (Lipinski definition) is 5. The molecule has 1 aliphatic carbocycles. The number of carboxylic acids is 1. The molecule has 1 aromatic heterocycles. The van der Waals surface area contributed by atoms with E-state index in [1.807, 2.05) is 4.57 Å². The third kappa shape index (κ3) is 3.71. The van der Waals surface area contributed by atoms with Crippen LogP contribution < -0.4 is 0 Å². The summed E-state index contributed by atoms with van der Waals surface area (Å²) in [7, 11) is 2.12. The van der Waals surface area contributed by atoms with E-state index in [1.54, 1.807) is 6.33 Å². The van der Waals surface area contributed by atoms with Crippen LogP contribution in [0.1, 0.15) is 12.8 Å². The van der Waals surface area contributed by atoms with Crippen molar-refractivity contribution in [2.75, 3.05) is 19.3 Å². The molecule has 0 radical (unpaired) electrons. The molecule has 0 unspecified atom stereocenters. The Kier molecular flexibility index (Phi) is 4.01. The fourth-order valence-corrected chi connectivity index (χ4v) is 2.26. The second-order valence-corrected chi connectivity index (χ2v) is 5.14. The molecule has 0 atom stereocenters. The van der Waals surface area contributed by atoms with Gasteiger partial charge >= 0.3 is 5.97 Å². The van der Waals surface area contributed by atoms with Crippen molar-refractivity contribution in [3.8, 4) is 0 Å². The number of carboxylic acid groups (broad SMARTS) is 1. The molecule has 0 aromatic carbocycles. The monoisotopic (exact) mass is 256 g/mol. The lowest BCUT2D eigenvalue weighted by Crippen LogP contribution is -2.25. The van der Waals surface area contributed by atoms with Crippen LogP contribution in [0.3, 0.4) is 0 Å². The maximum Gasteiger partial charge on any atom is 0.313 e.